The molecule has 1 atom stereocenters. The van der Waals surface area contributed by atoms with Crippen LogP contribution in [0.4, 0.5) is 0 Å². The van der Waals surface area contributed by atoms with E-state index < -0.39 is 5.97 Å². The molecular formula is C4H9NO2S. The molecule has 1 unspecified atom stereocenters. The summed E-state index contributed by atoms with van der Waals surface area (Å²) in [5.74, 6) is -0.806. The van der Waals surface area contributed by atoms with Crippen molar-refractivity contribution in [3.63, 3.8) is 0 Å². The minimum atomic E-state index is -0.806. The van der Waals surface area contributed by atoms with Crippen molar-refractivity contribution in [2.24, 2.45) is 0 Å². The van der Waals surface area contributed by atoms with Crippen LogP contribution < -0.4 is 4.72 Å². The molecule has 0 saturated heterocycles. The Hall–Kier alpha value is -0.220. The quantitative estimate of drug-likeness (QED) is 0.487. The molecule has 2 N–H and O–H groups in total. The second-order valence-corrected chi connectivity index (χ2v) is 1.89. The molecule has 0 spiro atoms. The van der Waals surface area contributed by atoms with E-state index in [1.807, 2.05) is 0 Å². The minimum absolute atomic E-state index is 0.0594. The Bertz CT molecular complexity index is 86.1. The number of rotatable bonds is 3. The highest BCUT2D eigenvalue weighted by molar-refractivity contribution is 7.78. The number of thiol groups is 1. The second kappa shape index (κ2) is 3.74. The van der Waals surface area contributed by atoms with Crippen molar-refractivity contribution < 1.29 is 9.90 Å². The maximum atomic E-state index is 9.89. The molecular weight excluding hydrogens is 126 g/mol. The zero-order chi connectivity index (χ0) is 6.57. The van der Waals surface area contributed by atoms with Crippen molar-refractivity contribution in [3.8, 4) is 0 Å². The monoisotopic (exact) mass is 135 g/mol. The average molecular weight is 135 g/mol. The summed E-state index contributed by atoms with van der Waals surface area (Å²) in [5.41, 5.74) is 0. The van der Waals surface area contributed by atoms with Gasteiger partial charge in [-0.3, -0.25) is 9.52 Å². The van der Waals surface area contributed by atoms with Crippen LogP contribution >= 0.6 is 12.8 Å². The van der Waals surface area contributed by atoms with Crippen LogP contribution in [0.3, 0.4) is 0 Å². The van der Waals surface area contributed by atoms with Crippen molar-refractivity contribution in [1.29, 1.82) is 0 Å². The van der Waals surface area contributed by atoms with Gasteiger partial charge in [-0.2, -0.15) is 0 Å². The van der Waals surface area contributed by atoms with E-state index in [-0.39, 0.29) is 12.5 Å². The van der Waals surface area contributed by atoms with E-state index in [4.69, 9.17) is 5.11 Å². The van der Waals surface area contributed by atoms with Gasteiger partial charge in [0.15, 0.2) is 0 Å². The zero-order valence-corrected chi connectivity index (χ0v) is 5.48. The molecule has 0 aliphatic carbocycles. The van der Waals surface area contributed by atoms with Gasteiger partial charge in [-0.05, 0) is 6.92 Å². The van der Waals surface area contributed by atoms with E-state index in [1.165, 1.54) is 0 Å². The molecule has 0 saturated carbocycles. The lowest BCUT2D eigenvalue weighted by molar-refractivity contribution is -0.137. The van der Waals surface area contributed by atoms with E-state index in [0.717, 1.165) is 0 Å². The summed E-state index contributed by atoms with van der Waals surface area (Å²) in [6.07, 6.45) is 0.115. The standard InChI is InChI=1S/C4H9NO2S/c1-3(5-8)2-4(6)7/h3,5,8H,2H2,1H3,(H,6,7). The molecule has 0 aromatic rings. The first-order chi connectivity index (χ1) is 3.66. The lowest BCUT2D eigenvalue weighted by atomic mass is 10.3. The van der Waals surface area contributed by atoms with Crippen LogP contribution in [0.1, 0.15) is 13.3 Å². The van der Waals surface area contributed by atoms with Crippen LogP contribution in [-0.4, -0.2) is 17.1 Å². The lowest BCUT2D eigenvalue weighted by Crippen LogP contribution is -2.19. The fraction of sp³-hybridized carbons (Fsp3) is 0.750. The molecule has 0 heterocycles. The first-order valence-electron chi connectivity index (χ1n) is 2.28. The topological polar surface area (TPSA) is 49.3 Å². The third kappa shape index (κ3) is 3.95. The summed E-state index contributed by atoms with van der Waals surface area (Å²) in [5, 5.41) is 8.14. The van der Waals surface area contributed by atoms with Crippen LogP contribution in [0.15, 0.2) is 0 Å². The van der Waals surface area contributed by atoms with Gasteiger partial charge in [-0.15, -0.1) is 0 Å². The largest absolute Gasteiger partial charge is 0.481 e. The van der Waals surface area contributed by atoms with E-state index in [2.05, 4.69) is 17.5 Å². The molecule has 48 valence electrons. The summed E-state index contributed by atoms with van der Waals surface area (Å²) in [6.45, 7) is 1.75. The minimum Gasteiger partial charge on any atom is -0.481 e. The summed E-state index contributed by atoms with van der Waals surface area (Å²) in [6, 6.07) is -0.0594. The van der Waals surface area contributed by atoms with Crippen molar-refractivity contribution in [1.82, 2.24) is 4.72 Å². The molecule has 0 aromatic heterocycles. The number of carboxylic acids is 1. The molecule has 0 bridgehead atoms. The van der Waals surface area contributed by atoms with Crippen LogP contribution in [0.5, 0.6) is 0 Å². The Labute approximate surface area is 53.6 Å². The highest BCUT2D eigenvalue weighted by Crippen LogP contribution is 1.89. The van der Waals surface area contributed by atoms with E-state index in [0.29, 0.717) is 0 Å². The van der Waals surface area contributed by atoms with Crippen molar-refractivity contribution in [2.45, 2.75) is 19.4 Å². The molecule has 0 fully saturated rings. The highest BCUT2D eigenvalue weighted by atomic mass is 32.1. The molecule has 3 nitrogen and oxygen atoms in total. The maximum Gasteiger partial charge on any atom is 0.304 e. The Balaban J connectivity index is 3.24. The Morgan fingerprint density at radius 1 is 2.00 bits per heavy atom. The number of nitrogens with one attached hydrogen (secondary N) is 1. The normalized spacial score (nSPS) is 13.2. The molecule has 0 radical (unpaired) electrons. The molecule has 8 heavy (non-hydrogen) atoms. The van der Waals surface area contributed by atoms with Gasteiger partial charge in [-0.25, -0.2) is 0 Å². The first-order valence-corrected chi connectivity index (χ1v) is 2.73. The molecule has 0 aromatic carbocycles. The van der Waals surface area contributed by atoms with E-state index >= 15 is 0 Å². The Kier molecular flexibility index (Phi) is 3.64. The predicted octanol–water partition coefficient (Wildman–Crippen LogP) is 0.284. The zero-order valence-electron chi connectivity index (χ0n) is 4.59. The third-order valence-corrected chi connectivity index (χ3v) is 1.14. The maximum absolute atomic E-state index is 9.89. The van der Waals surface area contributed by atoms with Gasteiger partial charge in [0.25, 0.3) is 0 Å². The van der Waals surface area contributed by atoms with Crippen molar-refractivity contribution in [2.75, 3.05) is 0 Å². The van der Waals surface area contributed by atoms with Crippen LogP contribution in [-0.2, 0) is 4.79 Å². The summed E-state index contributed by atoms with van der Waals surface area (Å²) in [7, 11) is 0. The number of aliphatic carboxylic acids is 1. The van der Waals surface area contributed by atoms with Gasteiger partial charge in [0.1, 0.15) is 0 Å². The fourth-order valence-electron chi connectivity index (χ4n) is 0.308. The fourth-order valence-corrected chi connectivity index (χ4v) is 0.399. The lowest BCUT2D eigenvalue weighted by Gasteiger charge is -2.02. The number of hydrogen-bond donors (Lipinski definition) is 3. The van der Waals surface area contributed by atoms with Gasteiger partial charge in [0.2, 0.25) is 0 Å². The SMILES string of the molecule is CC(CC(=O)O)NS. The van der Waals surface area contributed by atoms with Gasteiger partial charge in [-0.1, -0.05) is 12.8 Å². The number of carboxylic acid groups (broad SMARTS) is 1. The predicted molar refractivity (Wildman–Crippen MR) is 33.8 cm³/mol. The summed E-state index contributed by atoms with van der Waals surface area (Å²) >= 11 is 3.68. The van der Waals surface area contributed by atoms with Gasteiger partial charge in [0, 0.05) is 6.04 Å². The third-order valence-electron chi connectivity index (χ3n) is 0.701. The molecule has 0 aliphatic heterocycles. The molecule has 0 rings (SSSR count). The average Bonchev–Trinajstić information content (AvgIpc) is 1.65. The van der Waals surface area contributed by atoms with Gasteiger partial charge < -0.3 is 5.11 Å². The van der Waals surface area contributed by atoms with Gasteiger partial charge in [0.05, 0.1) is 6.42 Å². The summed E-state index contributed by atoms with van der Waals surface area (Å²) in [4.78, 5) is 9.89. The molecule has 0 amide bonds. The van der Waals surface area contributed by atoms with Gasteiger partial charge >= 0.3 is 5.97 Å². The Morgan fingerprint density at radius 3 is 2.62 bits per heavy atom. The van der Waals surface area contributed by atoms with Crippen LogP contribution in [0.25, 0.3) is 0 Å². The second-order valence-electron chi connectivity index (χ2n) is 1.63. The summed E-state index contributed by atoms with van der Waals surface area (Å²) < 4.78 is 2.51. The molecule has 0 aliphatic rings. The highest BCUT2D eigenvalue weighted by Gasteiger charge is 2.02. The number of hydrogen-bond acceptors (Lipinski definition) is 3. The smallest absolute Gasteiger partial charge is 0.304 e. The first kappa shape index (κ1) is 7.78. The van der Waals surface area contributed by atoms with E-state index in [9.17, 15) is 4.79 Å². The van der Waals surface area contributed by atoms with Crippen LogP contribution in [0.2, 0.25) is 0 Å². The van der Waals surface area contributed by atoms with Crippen LogP contribution in [0, 0.1) is 0 Å². The van der Waals surface area contributed by atoms with Crippen molar-refractivity contribution in [3.05, 3.63) is 0 Å². The Morgan fingerprint density at radius 2 is 2.50 bits per heavy atom. The van der Waals surface area contributed by atoms with Crippen molar-refractivity contribution >= 4 is 18.8 Å². The molecule has 4 heteroatoms. The number of carbonyl (C=O) groups is 1. The van der Waals surface area contributed by atoms with E-state index in [1.54, 1.807) is 6.92 Å².